The van der Waals surface area contributed by atoms with Gasteiger partial charge in [0.05, 0.1) is 0 Å². The van der Waals surface area contributed by atoms with E-state index in [1.165, 1.54) is 31.4 Å². The number of nitrogens with one attached hydrogen (secondary N) is 2. The minimum Gasteiger partial charge on any atom is -0.385 e. The van der Waals surface area contributed by atoms with E-state index in [2.05, 4.69) is 28.6 Å². The number of pyridine rings is 1. The third-order valence-electron chi connectivity index (χ3n) is 3.87. The molecule has 2 atom stereocenters. The maximum Gasteiger partial charge on any atom is 0.127 e. The topological polar surface area (TPSA) is 37.0 Å². The number of nitrogens with zero attached hydrogens (tertiary/aromatic N) is 1. The van der Waals surface area contributed by atoms with E-state index in [1.807, 2.05) is 19.3 Å². The van der Waals surface area contributed by atoms with Crippen molar-refractivity contribution in [1.82, 2.24) is 4.98 Å². The molecule has 1 fully saturated rings. The van der Waals surface area contributed by atoms with Crippen molar-refractivity contribution < 1.29 is 0 Å². The van der Waals surface area contributed by atoms with Gasteiger partial charge in [0.15, 0.2) is 0 Å². The first-order valence-corrected chi connectivity index (χ1v) is 6.67. The summed E-state index contributed by atoms with van der Waals surface area (Å²) in [5.74, 6) is 2.61. The number of rotatable bonds is 4. The van der Waals surface area contributed by atoms with E-state index < -0.39 is 0 Å². The average molecular weight is 233 g/mol. The quantitative estimate of drug-likeness (QED) is 0.837. The summed E-state index contributed by atoms with van der Waals surface area (Å²) < 4.78 is 0. The summed E-state index contributed by atoms with van der Waals surface area (Å²) in [6.07, 6.45) is 7.42. The molecule has 2 unspecified atom stereocenters. The van der Waals surface area contributed by atoms with E-state index in [0.29, 0.717) is 0 Å². The van der Waals surface area contributed by atoms with Gasteiger partial charge in [-0.3, -0.25) is 0 Å². The molecule has 0 radical (unpaired) electrons. The van der Waals surface area contributed by atoms with E-state index >= 15 is 0 Å². The van der Waals surface area contributed by atoms with Crippen molar-refractivity contribution in [2.45, 2.75) is 32.6 Å². The van der Waals surface area contributed by atoms with Crippen molar-refractivity contribution in [1.29, 1.82) is 0 Å². The smallest absolute Gasteiger partial charge is 0.127 e. The van der Waals surface area contributed by atoms with Crippen LogP contribution in [0.15, 0.2) is 18.3 Å². The fourth-order valence-corrected chi connectivity index (χ4v) is 2.62. The SMILES string of the molecule is CNc1cc(NCC2CCCCC2C)ccn1. The lowest BCUT2D eigenvalue weighted by Gasteiger charge is -2.29. The van der Waals surface area contributed by atoms with E-state index in [1.54, 1.807) is 0 Å². The zero-order valence-electron chi connectivity index (χ0n) is 10.9. The molecule has 3 nitrogen and oxygen atoms in total. The molecule has 1 aromatic rings. The molecule has 1 aliphatic rings. The molecule has 0 amide bonds. The minimum absolute atomic E-state index is 0.829. The fourth-order valence-electron chi connectivity index (χ4n) is 2.62. The monoisotopic (exact) mass is 233 g/mol. The Kier molecular flexibility index (Phi) is 4.24. The zero-order chi connectivity index (χ0) is 12.1. The Morgan fingerprint density at radius 1 is 1.35 bits per heavy atom. The number of hydrogen-bond donors (Lipinski definition) is 2. The van der Waals surface area contributed by atoms with Gasteiger partial charge in [-0.05, 0) is 24.3 Å². The highest BCUT2D eigenvalue weighted by molar-refractivity contribution is 5.51. The average Bonchev–Trinajstić information content (AvgIpc) is 2.38. The van der Waals surface area contributed by atoms with Gasteiger partial charge in [-0.15, -0.1) is 0 Å². The second-order valence-corrected chi connectivity index (χ2v) is 5.08. The molecule has 1 aromatic heterocycles. The van der Waals surface area contributed by atoms with Gasteiger partial charge in [-0.2, -0.15) is 0 Å². The number of anilines is 2. The number of aromatic nitrogens is 1. The van der Waals surface area contributed by atoms with E-state index in [0.717, 1.165) is 24.2 Å². The summed E-state index contributed by atoms with van der Waals surface area (Å²) in [5.41, 5.74) is 1.17. The Morgan fingerprint density at radius 3 is 2.94 bits per heavy atom. The van der Waals surface area contributed by atoms with Crippen LogP contribution >= 0.6 is 0 Å². The van der Waals surface area contributed by atoms with Gasteiger partial charge in [-0.25, -0.2) is 4.98 Å². The van der Waals surface area contributed by atoms with Gasteiger partial charge in [0.2, 0.25) is 0 Å². The summed E-state index contributed by atoms with van der Waals surface area (Å²) >= 11 is 0. The summed E-state index contributed by atoms with van der Waals surface area (Å²) in [6, 6.07) is 4.10. The van der Waals surface area contributed by atoms with Crippen LogP contribution in [0.3, 0.4) is 0 Å². The van der Waals surface area contributed by atoms with Gasteiger partial charge in [-0.1, -0.05) is 26.2 Å². The molecule has 3 heteroatoms. The van der Waals surface area contributed by atoms with Gasteiger partial charge in [0, 0.05) is 31.5 Å². The van der Waals surface area contributed by atoms with Crippen LogP contribution in [0.5, 0.6) is 0 Å². The largest absolute Gasteiger partial charge is 0.385 e. The first-order chi connectivity index (χ1) is 8.29. The highest BCUT2D eigenvalue weighted by Gasteiger charge is 2.20. The molecule has 0 aromatic carbocycles. The maximum absolute atomic E-state index is 4.22. The molecule has 2 rings (SSSR count). The fraction of sp³-hybridized carbons (Fsp3) is 0.643. The number of hydrogen-bond acceptors (Lipinski definition) is 3. The van der Waals surface area contributed by atoms with Crippen molar-refractivity contribution in [3.8, 4) is 0 Å². The molecule has 1 heterocycles. The second-order valence-electron chi connectivity index (χ2n) is 5.08. The Balaban J connectivity index is 1.88. The highest BCUT2D eigenvalue weighted by Crippen LogP contribution is 2.29. The van der Waals surface area contributed by atoms with E-state index in [-0.39, 0.29) is 0 Å². The van der Waals surface area contributed by atoms with Gasteiger partial charge in [0.1, 0.15) is 5.82 Å². The third kappa shape index (κ3) is 3.35. The van der Waals surface area contributed by atoms with Gasteiger partial charge < -0.3 is 10.6 Å². The normalized spacial score (nSPS) is 24.4. The van der Waals surface area contributed by atoms with Gasteiger partial charge in [0.25, 0.3) is 0 Å². The molecular formula is C14H23N3. The molecule has 0 bridgehead atoms. The van der Waals surface area contributed by atoms with Crippen LogP contribution in [-0.4, -0.2) is 18.6 Å². The molecule has 0 spiro atoms. The molecule has 0 aliphatic heterocycles. The first kappa shape index (κ1) is 12.2. The highest BCUT2D eigenvalue weighted by atomic mass is 15.0. The first-order valence-electron chi connectivity index (χ1n) is 6.67. The molecule has 1 aliphatic carbocycles. The Labute approximate surface area is 104 Å². The zero-order valence-corrected chi connectivity index (χ0v) is 10.9. The van der Waals surface area contributed by atoms with E-state index in [4.69, 9.17) is 0 Å². The van der Waals surface area contributed by atoms with Crippen LogP contribution in [0.2, 0.25) is 0 Å². The Hall–Kier alpha value is -1.25. The van der Waals surface area contributed by atoms with Crippen molar-refractivity contribution in [3.05, 3.63) is 18.3 Å². The van der Waals surface area contributed by atoms with Crippen LogP contribution in [-0.2, 0) is 0 Å². The van der Waals surface area contributed by atoms with Crippen molar-refractivity contribution in [3.63, 3.8) is 0 Å². The lowest BCUT2D eigenvalue weighted by molar-refractivity contribution is 0.268. The van der Waals surface area contributed by atoms with Crippen molar-refractivity contribution in [2.24, 2.45) is 11.8 Å². The molecule has 1 saturated carbocycles. The lowest BCUT2D eigenvalue weighted by Crippen LogP contribution is -2.24. The lowest BCUT2D eigenvalue weighted by atomic mass is 9.80. The van der Waals surface area contributed by atoms with Crippen LogP contribution in [0.25, 0.3) is 0 Å². The van der Waals surface area contributed by atoms with E-state index in [9.17, 15) is 0 Å². The predicted octanol–water partition coefficient (Wildman–Crippen LogP) is 3.36. The Bertz CT molecular complexity index is 351. The van der Waals surface area contributed by atoms with Crippen LogP contribution in [0, 0.1) is 11.8 Å². The second kappa shape index (κ2) is 5.89. The minimum atomic E-state index is 0.829. The third-order valence-corrected chi connectivity index (χ3v) is 3.87. The molecule has 17 heavy (non-hydrogen) atoms. The molecule has 0 saturated heterocycles. The maximum atomic E-state index is 4.22. The van der Waals surface area contributed by atoms with Crippen LogP contribution in [0.4, 0.5) is 11.5 Å². The van der Waals surface area contributed by atoms with Crippen molar-refractivity contribution in [2.75, 3.05) is 24.2 Å². The van der Waals surface area contributed by atoms with Crippen LogP contribution in [0.1, 0.15) is 32.6 Å². The standard InChI is InChI=1S/C14H23N3/c1-11-5-3-4-6-12(11)10-17-13-7-8-16-14(9-13)15-2/h7-9,11-12H,3-6,10H2,1-2H3,(H2,15,16,17). The summed E-state index contributed by atoms with van der Waals surface area (Å²) in [4.78, 5) is 4.22. The molecule has 2 N–H and O–H groups in total. The predicted molar refractivity (Wildman–Crippen MR) is 73.4 cm³/mol. The van der Waals surface area contributed by atoms with Gasteiger partial charge >= 0.3 is 0 Å². The summed E-state index contributed by atoms with van der Waals surface area (Å²) in [6.45, 7) is 3.48. The summed E-state index contributed by atoms with van der Waals surface area (Å²) in [5, 5.41) is 6.60. The van der Waals surface area contributed by atoms with Crippen molar-refractivity contribution >= 4 is 11.5 Å². The summed E-state index contributed by atoms with van der Waals surface area (Å²) in [7, 11) is 1.90. The van der Waals surface area contributed by atoms with Crippen LogP contribution < -0.4 is 10.6 Å². The Morgan fingerprint density at radius 2 is 2.18 bits per heavy atom. The molecule has 94 valence electrons. The molecular weight excluding hydrogens is 210 g/mol.